The summed E-state index contributed by atoms with van der Waals surface area (Å²) in [4.78, 5) is 1.48. The molecule has 4 nitrogen and oxygen atoms in total. The van der Waals surface area contributed by atoms with Crippen LogP contribution in [0, 0.1) is 11.3 Å². The molecule has 2 rings (SSSR count). The first-order chi connectivity index (χ1) is 9.38. The van der Waals surface area contributed by atoms with Crippen molar-refractivity contribution in [2.75, 3.05) is 19.6 Å². The minimum Gasteiger partial charge on any atom is -0.488 e. The number of aliphatic hydroxyl groups excluding tert-OH is 1. The van der Waals surface area contributed by atoms with Crippen molar-refractivity contribution in [3.05, 3.63) is 29.8 Å². The van der Waals surface area contributed by atoms with Crippen LogP contribution in [-0.4, -0.2) is 48.0 Å². The molecule has 0 radical (unpaired) electrons. The lowest BCUT2D eigenvalue weighted by Crippen LogP contribution is -2.57. The van der Waals surface area contributed by atoms with Gasteiger partial charge in [0, 0.05) is 19.6 Å². The molecule has 1 heterocycles. The highest BCUT2D eigenvalue weighted by Crippen LogP contribution is 2.24. The molecule has 1 N–H and O–H groups in total. The molecule has 0 aromatic heterocycles. The number of likely N-dealkylation sites (tertiary alicyclic amines) is 1. The molecule has 1 atom stereocenters. The summed E-state index contributed by atoms with van der Waals surface area (Å²) in [6.07, 6.45) is -7.10. The molecular weight excluding hydrogens is 273 g/mol. The van der Waals surface area contributed by atoms with Crippen LogP contribution in [0.15, 0.2) is 24.3 Å². The van der Waals surface area contributed by atoms with Crippen LogP contribution in [0.4, 0.5) is 13.2 Å². The van der Waals surface area contributed by atoms with Crippen LogP contribution < -0.4 is 4.74 Å². The fourth-order valence-corrected chi connectivity index (χ4v) is 1.89. The number of benzene rings is 1. The zero-order valence-electron chi connectivity index (χ0n) is 10.5. The molecule has 108 valence electrons. The second-order valence-corrected chi connectivity index (χ2v) is 4.65. The van der Waals surface area contributed by atoms with E-state index in [0.717, 1.165) is 0 Å². The van der Waals surface area contributed by atoms with Gasteiger partial charge in [-0.25, -0.2) is 0 Å². The summed E-state index contributed by atoms with van der Waals surface area (Å²) in [5.74, 6) is 0.574. The molecule has 7 heteroatoms. The SMILES string of the molecule is N#Cc1ccc(OC2CN(C[C@H](O)C(F)(F)F)C2)cc1. The van der Waals surface area contributed by atoms with Crippen molar-refractivity contribution in [1.82, 2.24) is 4.90 Å². The summed E-state index contributed by atoms with van der Waals surface area (Å²) in [5, 5.41) is 17.6. The first-order valence-corrected chi connectivity index (χ1v) is 6.02. The largest absolute Gasteiger partial charge is 0.488 e. The van der Waals surface area contributed by atoms with E-state index in [9.17, 15) is 13.2 Å². The lowest BCUT2D eigenvalue weighted by atomic mass is 10.1. The van der Waals surface area contributed by atoms with E-state index in [0.29, 0.717) is 24.4 Å². The van der Waals surface area contributed by atoms with Crippen LogP contribution in [-0.2, 0) is 0 Å². The van der Waals surface area contributed by atoms with Crippen LogP contribution in [0.1, 0.15) is 5.56 Å². The predicted octanol–water partition coefficient (Wildman–Crippen LogP) is 1.54. The maximum Gasteiger partial charge on any atom is 0.415 e. The highest BCUT2D eigenvalue weighted by molar-refractivity contribution is 5.34. The molecule has 0 amide bonds. The second-order valence-electron chi connectivity index (χ2n) is 4.65. The number of halogens is 3. The molecule has 1 aromatic rings. The zero-order chi connectivity index (χ0) is 14.8. The topological polar surface area (TPSA) is 56.5 Å². The fourth-order valence-electron chi connectivity index (χ4n) is 1.89. The first-order valence-electron chi connectivity index (χ1n) is 6.02. The van der Waals surface area contributed by atoms with E-state index in [1.165, 1.54) is 4.90 Å². The van der Waals surface area contributed by atoms with Gasteiger partial charge in [0.05, 0.1) is 11.6 Å². The van der Waals surface area contributed by atoms with E-state index < -0.39 is 18.8 Å². The third kappa shape index (κ3) is 3.62. The summed E-state index contributed by atoms with van der Waals surface area (Å²) in [6, 6.07) is 8.49. The average Bonchev–Trinajstić information content (AvgIpc) is 2.35. The summed E-state index contributed by atoms with van der Waals surface area (Å²) in [5.41, 5.74) is 0.515. The highest BCUT2D eigenvalue weighted by Gasteiger charge is 2.41. The molecule has 20 heavy (non-hydrogen) atoms. The Morgan fingerprint density at radius 1 is 1.35 bits per heavy atom. The van der Waals surface area contributed by atoms with Crippen molar-refractivity contribution in [1.29, 1.82) is 5.26 Å². The number of rotatable bonds is 4. The quantitative estimate of drug-likeness (QED) is 0.912. The molecule has 1 aromatic carbocycles. The molecule has 0 saturated carbocycles. The Morgan fingerprint density at radius 3 is 2.45 bits per heavy atom. The normalized spacial score (nSPS) is 18.1. The Hall–Kier alpha value is -1.78. The Kier molecular flexibility index (Phi) is 4.16. The Balaban J connectivity index is 1.75. The third-order valence-electron chi connectivity index (χ3n) is 3.02. The van der Waals surface area contributed by atoms with Crippen molar-refractivity contribution in [3.63, 3.8) is 0 Å². The van der Waals surface area contributed by atoms with Gasteiger partial charge in [0.1, 0.15) is 11.9 Å². The van der Waals surface area contributed by atoms with E-state index in [2.05, 4.69) is 0 Å². The summed E-state index contributed by atoms with van der Waals surface area (Å²) in [6.45, 7) is 0.247. The lowest BCUT2D eigenvalue weighted by molar-refractivity contribution is -0.212. The summed E-state index contributed by atoms with van der Waals surface area (Å²) < 4.78 is 42.0. The molecule has 1 saturated heterocycles. The van der Waals surface area contributed by atoms with Crippen molar-refractivity contribution in [2.24, 2.45) is 0 Å². The van der Waals surface area contributed by atoms with Crippen LogP contribution in [0.3, 0.4) is 0 Å². The molecule has 0 unspecified atom stereocenters. The third-order valence-corrected chi connectivity index (χ3v) is 3.02. The minimum atomic E-state index is -4.58. The van der Waals surface area contributed by atoms with Crippen LogP contribution >= 0.6 is 0 Å². The monoisotopic (exact) mass is 286 g/mol. The zero-order valence-corrected chi connectivity index (χ0v) is 10.5. The molecule has 1 aliphatic rings. The van der Waals surface area contributed by atoms with Gasteiger partial charge in [-0.2, -0.15) is 18.4 Å². The number of hydrogen-bond acceptors (Lipinski definition) is 4. The Labute approximate surface area is 114 Å². The Morgan fingerprint density at radius 2 is 1.95 bits per heavy atom. The van der Waals surface area contributed by atoms with Crippen LogP contribution in [0.2, 0.25) is 0 Å². The molecule has 0 spiro atoms. The molecule has 1 fully saturated rings. The summed E-state index contributed by atoms with van der Waals surface area (Å²) >= 11 is 0. The van der Waals surface area contributed by atoms with Crippen molar-refractivity contribution in [3.8, 4) is 11.8 Å². The molecule has 1 aliphatic heterocycles. The average molecular weight is 286 g/mol. The Bertz CT molecular complexity index is 490. The van der Waals surface area contributed by atoms with Gasteiger partial charge in [-0.3, -0.25) is 4.90 Å². The van der Waals surface area contributed by atoms with Crippen LogP contribution in [0.25, 0.3) is 0 Å². The van der Waals surface area contributed by atoms with Gasteiger partial charge in [-0.05, 0) is 24.3 Å². The van der Waals surface area contributed by atoms with Gasteiger partial charge in [0.15, 0.2) is 6.10 Å². The fraction of sp³-hybridized carbons (Fsp3) is 0.462. The van der Waals surface area contributed by atoms with Gasteiger partial charge in [-0.15, -0.1) is 0 Å². The van der Waals surface area contributed by atoms with E-state index in [1.54, 1.807) is 24.3 Å². The van der Waals surface area contributed by atoms with E-state index >= 15 is 0 Å². The van der Waals surface area contributed by atoms with E-state index in [1.807, 2.05) is 6.07 Å². The molecular formula is C13H13F3N2O2. The van der Waals surface area contributed by atoms with Gasteiger partial charge < -0.3 is 9.84 Å². The summed E-state index contributed by atoms with van der Waals surface area (Å²) in [7, 11) is 0. The maximum atomic E-state index is 12.2. The molecule has 0 aliphatic carbocycles. The number of nitriles is 1. The predicted molar refractivity (Wildman–Crippen MR) is 64.1 cm³/mol. The van der Waals surface area contributed by atoms with Gasteiger partial charge >= 0.3 is 6.18 Å². The second kappa shape index (κ2) is 5.69. The van der Waals surface area contributed by atoms with Gasteiger partial charge in [0.2, 0.25) is 0 Å². The lowest BCUT2D eigenvalue weighted by Gasteiger charge is -2.40. The van der Waals surface area contributed by atoms with Gasteiger partial charge in [0.25, 0.3) is 0 Å². The first kappa shape index (κ1) is 14.6. The smallest absolute Gasteiger partial charge is 0.415 e. The highest BCUT2D eigenvalue weighted by atomic mass is 19.4. The van der Waals surface area contributed by atoms with Crippen molar-refractivity contribution >= 4 is 0 Å². The van der Waals surface area contributed by atoms with E-state index in [4.69, 9.17) is 15.1 Å². The van der Waals surface area contributed by atoms with Crippen molar-refractivity contribution < 1.29 is 23.0 Å². The number of aliphatic hydroxyl groups is 1. The number of alkyl halides is 3. The number of β-amino-alcohol motifs (C(OH)–C–C–N with tert-alkyl or cyclic N) is 1. The number of nitrogens with zero attached hydrogens (tertiary/aromatic N) is 2. The molecule has 0 bridgehead atoms. The van der Waals surface area contributed by atoms with Crippen molar-refractivity contribution in [2.45, 2.75) is 18.4 Å². The number of hydrogen-bond donors (Lipinski definition) is 1. The van der Waals surface area contributed by atoms with E-state index in [-0.39, 0.29) is 6.10 Å². The van der Waals surface area contributed by atoms with Crippen LogP contribution in [0.5, 0.6) is 5.75 Å². The van der Waals surface area contributed by atoms with Gasteiger partial charge in [-0.1, -0.05) is 0 Å². The number of ether oxygens (including phenoxy) is 1. The minimum absolute atomic E-state index is 0.191. The maximum absolute atomic E-state index is 12.2. The standard InChI is InChI=1S/C13H13F3N2O2/c14-13(15,16)12(19)8-18-6-11(7-18)20-10-3-1-9(5-17)2-4-10/h1-4,11-12,19H,6-8H2/t12-/m0/s1.